The summed E-state index contributed by atoms with van der Waals surface area (Å²) in [6.45, 7) is 1.65. The number of amides is 1. The predicted molar refractivity (Wildman–Crippen MR) is 75.9 cm³/mol. The van der Waals surface area contributed by atoms with Crippen LogP contribution in [0.1, 0.15) is 28.9 Å². The van der Waals surface area contributed by atoms with Gasteiger partial charge < -0.3 is 15.7 Å². The van der Waals surface area contributed by atoms with Crippen molar-refractivity contribution in [1.29, 1.82) is 0 Å². The van der Waals surface area contributed by atoms with Crippen LogP contribution in [0.5, 0.6) is 0 Å². The largest absolute Gasteiger partial charge is 0.396 e. The molecule has 5 nitrogen and oxygen atoms in total. The number of aliphatic hydroxyl groups excluding tert-OH is 1. The minimum absolute atomic E-state index is 0.117. The Morgan fingerprint density at radius 2 is 2.45 bits per heavy atom. The van der Waals surface area contributed by atoms with Crippen molar-refractivity contribution >= 4 is 5.91 Å². The van der Waals surface area contributed by atoms with Gasteiger partial charge in [-0.25, -0.2) is 4.98 Å². The maximum absolute atomic E-state index is 12.5. The molecule has 5 heteroatoms. The quantitative estimate of drug-likeness (QED) is 0.756. The molecule has 1 saturated heterocycles. The first kappa shape index (κ1) is 14.5. The van der Waals surface area contributed by atoms with Crippen molar-refractivity contribution in [3.05, 3.63) is 29.6 Å². The third-order valence-corrected chi connectivity index (χ3v) is 3.40. The SMILES string of the molecule is NCC#Cc1cccnc1C(=O)N1CCCC(CO)C1. The first-order valence-electron chi connectivity index (χ1n) is 6.80. The van der Waals surface area contributed by atoms with Crippen LogP contribution in [-0.4, -0.2) is 47.1 Å². The molecule has 1 unspecified atom stereocenters. The zero-order valence-corrected chi connectivity index (χ0v) is 11.4. The molecule has 1 aliphatic rings. The first-order valence-corrected chi connectivity index (χ1v) is 6.80. The minimum atomic E-state index is -0.120. The van der Waals surface area contributed by atoms with Gasteiger partial charge in [0.15, 0.2) is 0 Å². The van der Waals surface area contributed by atoms with Crippen LogP contribution in [0.15, 0.2) is 18.3 Å². The molecule has 3 N–H and O–H groups in total. The van der Waals surface area contributed by atoms with E-state index in [1.807, 2.05) is 0 Å². The van der Waals surface area contributed by atoms with E-state index in [2.05, 4.69) is 16.8 Å². The fourth-order valence-electron chi connectivity index (χ4n) is 2.37. The normalized spacial score (nSPS) is 18.3. The van der Waals surface area contributed by atoms with Crippen molar-refractivity contribution in [1.82, 2.24) is 9.88 Å². The van der Waals surface area contributed by atoms with E-state index in [1.54, 1.807) is 23.2 Å². The molecule has 2 heterocycles. The number of carbonyl (C=O) groups excluding carboxylic acids is 1. The molecule has 1 aromatic heterocycles. The summed E-state index contributed by atoms with van der Waals surface area (Å²) in [6, 6.07) is 3.53. The van der Waals surface area contributed by atoms with Gasteiger partial charge in [-0.15, -0.1) is 0 Å². The second-order valence-electron chi connectivity index (χ2n) is 4.85. The zero-order chi connectivity index (χ0) is 14.4. The fourth-order valence-corrected chi connectivity index (χ4v) is 2.37. The average molecular weight is 273 g/mol. The van der Waals surface area contributed by atoms with Crippen molar-refractivity contribution in [3.8, 4) is 11.8 Å². The van der Waals surface area contributed by atoms with Crippen LogP contribution >= 0.6 is 0 Å². The van der Waals surface area contributed by atoms with Gasteiger partial charge in [0.05, 0.1) is 12.1 Å². The number of hydrogen-bond acceptors (Lipinski definition) is 4. The smallest absolute Gasteiger partial charge is 0.273 e. The summed E-state index contributed by atoms with van der Waals surface area (Å²) in [4.78, 5) is 18.4. The van der Waals surface area contributed by atoms with Gasteiger partial charge in [-0.05, 0) is 30.9 Å². The van der Waals surface area contributed by atoms with Crippen molar-refractivity contribution in [2.24, 2.45) is 11.7 Å². The summed E-state index contributed by atoms with van der Waals surface area (Å²) in [5.41, 5.74) is 6.34. The highest BCUT2D eigenvalue weighted by Crippen LogP contribution is 2.18. The Labute approximate surface area is 118 Å². The van der Waals surface area contributed by atoms with Gasteiger partial charge in [0, 0.05) is 25.9 Å². The zero-order valence-electron chi connectivity index (χ0n) is 11.4. The highest BCUT2D eigenvalue weighted by atomic mass is 16.3. The van der Waals surface area contributed by atoms with Crippen molar-refractivity contribution in [3.63, 3.8) is 0 Å². The average Bonchev–Trinajstić information content (AvgIpc) is 2.52. The second kappa shape index (κ2) is 7.04. The number of nitrogens with two attached hydrogens (primary N) is 1. The molecule has 0 aliphatic carbocycles. The van der Waals surface area contributed by atoms with Crippen molar-refractivity contribution < 1.29 is 9.90 Å². The molecule has 1 fully saturated rings. The number of pyridine rings is 1. The molecule has 0 saturated carbocycles. The maximum Gasteiger partial charge on any atom is 0.273 e. The van der Waals surface area contributed by atoms with Gasteiger partial charge in [0.2, 0.25) is 0 Å². The molecule has 0 aromatic carbocycles. The van der Waals surface area contributed by atoms with Crippen LogP contribution in [0.25, 0.3) is 0 Å². The number of rotatable bonds is 2. The topological polar surface area (TPSA) is 79.5 Å². The van der Waals surface area contributed by atoms with Crippen LogP contribution in [0.3, 0.4) is 0 Å². The van der Waals surface area contributed by atoms with Gasteiger partial charge in [-0.2, -0.15) is 0 Å². The summed E-state index contributed by atoms with van der Waals surface area (Å²) >= 11 is 0. The van der Waals surface area contributed by atoms with Gasteiger partial charge in [0.25, 0.3) is 5.91 Å². The molecule has 0 radical (unpaired) electrons. The van der Waals surface area contributed by atoms with Crippen LogP contribution in [0.2, 0.25) is 0 Å². The van der Waals surface area contributed by atoms with E-state index in [4.69, 9.17) is 5.73 Å². The lowest BCUT2D eigenvalue weighted by Crippen LogP contribution is -2.41. The van der Waals surface area contributed by atoms with E-state index in [1.165, 1.54) is 0 Å². The number of carbonyl (C=O) groups is 1. The standard InChI is InChI=1S/C15H19N3O2/c16-7-1-5-13-6-2-8-17-14(13)15(20)18-9-3-4-12(10-18)11-19/h2,6,8,12,19H,3-4,7,9-11,16H2. The molecule has 1 atom stereocenters. The van der Waals surface area contributed by atoms with Crippen LogP contribution in [0, 0.1) is 17.8 Å². The second-order valence-corrected chi connectivity index (χ2v) is 4.85. The van der Waals surface area contributed by atoms with Crippen LogP contribution in [-0.2, 0) is 0 Å². The Morgan fingerprint density at radius 3 is 3.20 bits per heavy atom. The van der Waals surface area contributed by atoms with E-state index < -0.39 is 0 Å². The molecule has 2 rings (SSSR count). The van der Waals surface area contributed by atoms with Gasteiger partial charge in [-0.3, -0.25) is 4.79 Å². The Morgan fingerprint density at radius 1 is 1.60 bits per heavy atom. The third kappa shape index (κ3) is 3.35. The number of nitrogens with zero attached hydrogens (tertiary/aromatic N) is 2. The molecule has 20 heavy (non-hydrogen) atoms. The summed E-state index contributed by atoms with van der Waals surface area (Å²) in [7, 11) is 0. The first-order chi connectivity index (χ1) is 9.76. The number of aromatic nitrogens is 1. The Kier molecular flexibility index (Phi) is 5.10. The number of likely N-dealkylation sites (tertiary alicyclic amines) is 1. The van der Waals surface area contributed by atoms with Gasteiger partial charge in [0.1, 0.15) is 5.69 Å². The summed E-state index contributed by atoms with van der Waals surface area (Å²) in [6.07, 6.45) is 3.46. The van der Waals surface area contributed by atoms with Gasteiger partial charge >= 0.3 is 0 Å². The lowest BCUT2D eigenvalue weighted by Gasteiger charge is -2.31. The monoisotopic (exact) mass is 273 g/mol. The van der Waals surface area contributed by atoms with E-state index >= 15 is 0 Å². The fraction of sp³-hybridized carbons (Fsp3) is 0.467. The van der Waals surface area contributed by atoms with Crippen LogP contribution < -0.4 is 5.73 Å². The summed E-state index contributed by atoms with van der Waals surface area (Å²) in [5.74, 6) is 5.68. The number of piperidine rings is 1. The molecule has 1 aliphatic heterocycles. The van der Waals surface area contributed by atoms with Crippen molar-refractivity contribution in [2.75, 3.05) is 26.2 Å². The predicted octanol–water partition coefficient (Wildman–Crippen LogP) is 0.236. The van der Waals surface area contributed by atoms with E-state index in [-0.39, 0.29) is 25.0 Å². The molecule has 0 spiro atoms. The van der Waals surface area contributed by atoms with E-state index in [0.29, 0.717) is 24.3 Å². The minimum Gasteiger partial charge on any atom is -0.396 e. The van der Waals surface area contributed by atoms with E-state index in [0.717, 1.165) is 12.8 Å². The molecular formula is C15H19N3O2. The third-order valence-electron chi connectivity index (χ3n) is 3.40. The van der Waals surface area contributed by atoms with E-state index in [9.17, 15) is 9.90 Å². The molecule has 1 amide bonds. The molecule has 0 bridgehead atoms. The lowest BCUT2D eigenvalue weighted by atomic mass is 9.98. The Bertz CT molecular complexity index is 533. The molecule has 1 aromatic rings. The molecule has 106 valence electrons. The number of aliphatic hydroxyl groups is 1. The Balaban J connectivity index is 2.20. The molecular weight excluding hydrogens is 254 g/mol. The highest BCUT2D eigenvalue weighted by Gasteiger charge is 2.25. The summed E-state index contributed by atoms with van der Waals surface area (Å²) in [5, 5.41) is 9.24. The van der Waals surface area contributed by atoms with Crippen molar-refractivity contribution in [2.45, 2.75) is 12.8 Å². The Hall–Kier alpha value is -1.90. The summed E-state index contributed by atoms with van der Waals surface area (Å²) < 4.78 is 0. The highest BCUT2D eigenvalue weighted by molar-refractivity contribution is 5.94. The maximum atomic E-state index is 12.5. The van der Waals surface area contributed by atoms with Crippen LogP contribution in [0.4, 0.5) is 0 Å². The van der Waals surface area contributed by atoms with Gasteiger partial charge in [-0.1, -0.05) is 11.8 Å². The number of hydrogen-bond donors (Lipinski definition) is 2. The lowest BCUT2D eigenvalue weighted by molar-refractivity contribution is 0.0614.